The monoisotopic (exact) mass is 278 g/mol. The average Bonchev–Trinajstić information content (AvgIpc) is 2.46. The third kappa shape index (κ3) is 2.10. The molecule has 0 aliphatic rings. The van der Waals surface area contributed by atoms with Crippen LogP contribution in [0.1, 0.15) is 16.7 Å². The molecule has 2 rings (SSSR count). The van der Waals surface area contributed by atoms with E-state index in [9.17, 15) is 14.4 Å². The Morgan fingerprint density at radius 1 is 1.19 bits per heavy atom. The highest BCUT2D eigenvalue weighted by atomic mass is 19.1. The van der Waals surface area contributed by atoms with Gasteiger partial charge in [0.2, 0.25) is 0 Å². The second kappa shape index (κ2) is 5.21. The minimum absolute atomic E-state index is 0.119. The summed E-state index contributed by atoms with van der Waals surface area (Å²) in [6.45, 7) is 0. The number of nitrogens with zero attached hydrogens (tertiary/aromatic N) is 2. The number of anilines is 1. The lowest BCUT2D eigenvalue weighted by Gasteiger charge is -2.11. The Morgan fingerprint density at radius 3 is 2.43 bits per heavy atom. The quantitative estimate of drug-likeness (QED) is 0.770. The number of halogens is 1. The van der Waals surface area contributed by atoms with Crippen LogP contribution in [0.5, 0.6) is 0 Å². The molecule has 0 bridgehead atoms. The van der Waals surface area contributed by atoms with Crippen LogP contribution >= 0.6 is 0 Å². The van der Waals surface area contributed by atoms with Gasteiger partial charge < -0.3 is 10.7 Å². The molecule has 21 heavy (non-hydrogen) atoms. The van der Waals surface area contributed by atoms with Crippen LogP contribution in [0.3, 0.4) is 0 Å². The van der Waals surface area contributed by atoms with Crippen LogP contribution < -0.4 is 11.3 Å². The highest BCUT2D eigenvalue weighted by Gasteiger charge is 2.22. The van der Waals surface area contributed by atoms with Crippen LogP contribution in [-0.2, 0) is 0 Å². The minimum atomic E-state index is -0.810. The first-order chi connectivity index (χ1) is 10.0. The zero-order valence-corrected chi connectivity index (χ0v) is 10.6. The number of nitrogen functional groups attached to an aromatic ring is 1. The topological polar surface area (TPSA) is 106 Å². The lowest BCUT2D eigenvalue weighted by molar-refractivity contribution is 0.631. The predicted octanol–water partition coefficient (Wildman–Crippen LogP) is 1.49. The maximum absolute atomic E-state index is 14.2. The Balaban J connectivity index is 3.10. The van der Waals surface area contributed by atoms with Crippen molar-refractivity contribution in [2.24, 2.45) is 0 Å². The maximum Gasteiger partial charge on any atom is 0.268 e. The standard InChI is InChI=1S/C15H7FN4O/c1-2-8-4-3-5-11(16)12(8)13-9(6-17)14(19)20-15(21)10(13)7-18/h1,3-5H,(H3,19,20,21). The molecular weight excluding hydrogens is 271 g/mol. The molecule has 0 aliphatic carbocycles. The summed E-state index contributed by atoms with van der Waals surface area (Å²) in [7, 11) is 0. The molecule has 1 aromatic heterocycles. The third-order valence-electron chi connectivity index (χ3n) is 2.89. The van der Waals surface area contributed by atoms with Crippen molar-refractivity contribution in [1.82, 2.24) is 4.98 Å². The van der Waals surface area contributed by atoms with Crippen LogP contribution in [0.2, 0.25) is 0 Å². The molecule has 6 heteroatoms. The molecule has 0 aliphatic heterocycles. The molecule has 3 N–H and O–H groups in total. The number of benzene rings is 1. The van der Waals surface area contributed by atoms with E-state index in [0.717, 1.165) is 6.07 Å². The molecule has 0 spiro atoms. The minimum Gasteiger partial charge on any atom is -0.384 e. The van der Waals surface area contributed by atoms with Crippen molar-refractivity contribution < 1.29 is 4.39 Å². The molecule has 1 aromatic carbocycles. The fraction of sp³-hybridized carbons (Fsp3) is 0. The zero-order valence-electron chi connectivity index (χ0n) is 10.6. The molecule has 100 valence electrons. The van der Waals surface area contributed by atoms with Gasteiger partial charge in [-0.1, -0.05) is 12.0 Å². The highest BCUT2D eigenvalue weighted by Crippen LogP contribution is 2.32. The molecule has 0 saturated heterocycles. The number of aromatic nitrogens is 1. The van der Waals surface area contributed by atoms with Gasteiger partial charge in [0.1, 0.15) is 34.9 Å². The summed E-state index contributed by atoms with van der Waals surface area (Å²) in [5.41, 5.74) is 3.92. The lowest BCUT2D eigenvalue weighted by Crippen LogP contribution is -2.17. The van der Waals surface area contributed by atoms with Gasteiger partial charge in [-0.25, -0.2) is 4.39 Å². The number of nitrogens with two attached hydrogens (primary N) is 1. The molecule has 0 amide bonds. The van der Waals surface area contributed by atoms with Crippen LogP contribution in [0.25, 0.3) is 11.1 Å². The summed E-state index contributed by atoms with van der Waals surface area (Å²) < 4.78 is 14.2. The molecule has 0 saturated carbocycles. The van der Waals surface area contributed by atoms with Gasteiger partial charge in [0.25, 0.3) is 5.56 Å². The summed E-state index contributed by atoms with van der Waals surface area (Å²) in [6, 6.07) is 7.37. The lowest BCUT2D eigenvalue weighted by atomic mass is 9.92. The Kier molecular flexibility index (Phi) is 3.44. The van der Waals surface area contributed by atoms with Gasteiger partial charge in [-0.3, -0.25) is 4.79 Å². The molecule has 0 fully saturated rings. The molecule has 0 radical (unpaired) electrons. The number of nitrogens with one attached hydrogen (secondary N) is 1. The van der Waals surface area contributed by atoms with Crippen molar-refractivity contribution in [2.75, 3.05) is 5.73 Å². The second-order valence-electron chi connectivity index (χ2n) is 4.02. The first-order valence-corrected chi connectivity index (χ1v) is 5.66. The SMILES string of the molecule is C#Cc1cccc(F)c1-c1c(C#N)c(N)[nH]c(=O)c1C#N. The Bertz CT molecular complexity index is 923. The van der Waals surface area contributed by atoms with Crippen molar-refractivity contribution in [3.63, 3.8) is 0 Å². The number of pyridine rings is 1. The van der Waals surface area contributed by atoms with Crippen molar-refractivity contribution in [2.45, 2.75) is 0 Å². The first-order valence-electron chi connectivity index (χ1n) is 5.66. The Labute approximate surface area is 119 Å². The summed E-state index contributed by atoms with van der Waals surface area (Å²) in [4.78, 5) is 14.0. The van der Waals surface area contributed by atoms with E-state index in [2.05, 4.69) is 10.9 Å². The van der Waals surface area contributed by atoms with E-state index >= 15 is 0 Å². The van der Waals surface area contributed by atoms with E-state index in [1.54, 1.807) is 12.1 Å². The second-order valence-corrected chi connectivity index (χ2v) is 4.02. The average molecular weight is 278 g/mol. The van der Waals surface area contributed by atoms with E-state index in [0.29, 0.717) is 0 Å². The molecular formula is C15H7FN4O. The predicted molar refractivity (Wildman–Crippen MR) is 74.2 cm³/mol. The number of nitriles is 2. The molecule has 0 unspecified atom stereocenters. The third-order valence-corrected chi connectivity index (χ3v) is 2.89. The van der Waals surface area contributed by atoms with Crippen molar-refractivity contribution in [1.29, 1.82) is 10.5 Å². The van der Waals surface area contributed by atoms with Gasteiger partial charge in [-0.15, -0.1) is 6.42 Å². The van der Waals surface area contributed by atoms with Crippen molar-refractivity contribution in [3.8, 4) is 35.6 Å². The largest absolute Gasteiger partial charge is 0.384 e. The maximum atomic E-state index is 14.2. The number of terminal acetylenes is 1. The Hall–Kier alpha value is -3.56. The molecule has 2 aromatic rings. The zero-order chi connectivity index (χ0) is 15.6. The first kappa shape index (κ1) is 13.9. The number of hydrogen-bond acceptors (Lipinski definition) is 4. The fourth-order valence-corrected chi connectivity index (χ4v) is 1.99. The van der Waals surface area contributed by atoms with Crippen LogP contribution in [0, 0.1) is 40.8 Å². The van der Waals surface area contributed by atoms with Crippen molar-refractivity contribution >= 4 is 5.82 Å². The van der Waals surface area contributed by atoms with Gasteiger partial charge >= 0.3 is 0 Å². The summed E-state index contributed by atoms with van der Waals surface area (Å²) in [5.74, 6) is 1.27. The van der Waals surface area contributed by atoms with E-state index in [4.69, 9.17) is 17.4 Å². The van der Waals surface area contributed by atoms with Gasteiger partial charge in [0.15, 0.2) is 0 Å². The summed E-state index contributed by atoms with van der Waals surface area (Å²) in [5, 5.41) is 18.3. The van der Waals surface area contributed by atoms with Crippen LogP contribution in [-0.4, -0.2) is 4.98 Å². The van der Waals surface area contributed by atoms with E-state index < -0.39 is 16.9 Å². The number of aromatic amines is 1. The van der Waals surface area contributed by atoms with Gasteiger partial charge in [-0.05, 0) is 12.1 Å². The molecule has 0 atom stereocenters. The van der Waals surface area contributed by atoms with Crippen LogP contribution in [0.4, 0.5) is 10.2 Å². The fourth-order valence-electron chi connectivity index (χ4n) is 1.99. The highest BCUT2D eigenvalue weighted by molar-refractivity contribution is 5.83. The van der Waals surface area contributed by atoms with Gasteiger partial charge in [-0.2, -0.15) is 10.5 Å². The number of rotatable bonds is 1. The molecule has 5 nitrogen and oxygen atoms in total. The number of H-pyrrole nitrogens is 1. The van der Waals surface area contributed by atoms with Crippen LogP contribution in [0.15, 0.2) is 23.0 Å². The van der Waals surface area contributed by atoms with Crippen molar-refractivity contribution in [3.05, 3.63) is 51.1 Å². The smallest absolute Gasteiger partial charge is 0.268 e. The van der Waals surface area contributed by atoms with Gasteiger partial charge in [0.05, 0.1) is 0 Å². The Morgan fingerprint density at radius 2 is 1.86 bits per heavy atom. The normalized spacial score (nSPS) is 9.43. The van der Waals surface area contributed by atoms with E-state index in [-0.39, 0.29) is 28.1 Å². The number of hydrogen-bond donors (Lipinski definition) is 2. The summed E-state index contributed by atoms with van der Waals surface area (Å²) >= 11 is 0. The van der Waals surface area contributed by atoms with E-state index in [1.165, 1.54) is 12.1 Å². The summed E-state index contributed by atoms with van der Waals surface area (Å²) in [6.07, 6.45) is 5.32. The molecule has 1 heterocycles. The van der Waals surface area contributed by atoms with Gasteiger partial charge in [0, 0.05) is 16.7 Å². The van der Waals surface area contributed by atoms with E-state index in [1.807, 2.05) is 0 Å².